The summed E-state index contributed by atoms with van der Waals surface area (Å²) in [6.45, 7) is 3.43. The molecule has 0 spiro atoms. The van der Waals surface area contributed by atoms with E-state index in [0.717, 1.165) is 43.6 Å². The van der Waals surface area contributed by atoms with Crippen molar-refractivity contribution in [3.63, 3.8) is 0 Å². The van der Waals surface area contributed by atoms with Crippen molar-refractivity contribution in [3.8, 4) is 0 Å². The standard InChI is InChI=1S/C13H23N3O/c1-11-12(16-10-15-11)8-14-9-13(17)6-4-2-3-5-7-13/h10,14,17H,2-9H2,1H3,(H,15,16). The molecule has 4 heteroatoms. The molecule has 0 atom stereocenters. The van der Waals surface area contributed by atoms with Gasteiger partial charge in [0.25, 0.3) is 0 Å². The van der Waals surface area contributed by atoms with Gasteiger partial charge >= 0.3 is 0 Å². The summed E-state index contributed by atoms with van der Waals surface area (Å²) in [7, 11) is 0. The van der Waals surface area contributed by atoms with Gasteiger partial charge in [-0.3, -0.25) is 0 Å². The maximum atomic E-state index is 10.5. The molecule has 0 amide bonds. The van der Waals surface area contributed by atoms with Crippen LogP contribution in [-0.4, -0.2) is 27.2 Å². The molecule has 17 heavy (non-hydrogen) atoms. The fraction of sp³-hybridized carbons (Fsp3) is 0.769. The highest BCUT2D eigenvalue weighted by Gasteiger charge is 2.27. The van der Waals surface area contributed by atoms with Gasteiger partial charge in [0.2, 0.25) is 0 Å². The Morgan fingerprint density at radius 1 is 1.35 bits per heavy atom. The SMILES string of the molecule is Cc1[nH]cnc1CNCC1(O)CCCCCC1. The first-order chi connectivity index (χ1) is 8.20. The number of aryl methyl sites for hydroxylation is 1. The summed E-state index contributed by atoms with van der Waals surface area (Å²) in [5, 5.41) is 13.8. The minimum Gasteiger partial charge on any atom is -0.389 e. The average Bonchev–Trinajstić information content (AvgIpc) is 2.58. The summed E-state index contributed by atoms with van der Waals surface area (Å²) >= 11 is 0. The van der Waals surface area contributed by atoms with Crippen molar-refractivity contribution in [2.24, 2.45) is 0 Å². The number of nitrogens with one attached hydrogen (secondary N) is 2. The summed E-state index contributed by atoms with van der Waals surface area (Å²) in [5.74, 6) is 0. The van der Waals surface area contributed by atoms with Crippen LogP contribution in [0.3, 0.4) is 0 Å². The number of aromatic nitrogens is 2. The second-order valence-corrected chi connectivity index (χ2v) is 5.22. The summed E-state index contributed by atoms with van der Waals surface area (Å²) in [6, 6.07) is 0. The highest BCUT2D eigenvalue weighted by Crippen LogP contribution is 2.26. The molecule has 0 saturated heterocycles. The van der Waals surface area contributed by atoms with Gasteiger partial charge in [-0.05, 0) is 19.8 Å². The van der Waals surface area contributed by atoms with E-state index >= 15 is 0 Å². The third-order valence-corrected chi connectivity index (χ3v) is 3.72. The quantitative estimate of drug-likeness (QED) is 0.701. The van der Waals surface area contributed by atoms with Crippen LogP contribution >= 0.6 is 0 Å². The van der Waals surface area contributed by atoms with Crippen molar-refractivity contribution in [1.29, 1.82) is 0 Å². The number of nitrogens with zero attached hydrogens (tertiary/aromatic N) is 1. The van der Waals surface area contributed by atoms with Gasteiger partial charge in [-0.25, -0.2) is 4.98 Å². The molecule has 1 aliphatic carbocycles. The first-order valence-corrected chi connectivity index (χ1v) is 6.62. The minimum atomic E-state index is -0.499. The van der Waals surface area contributed by atoms with E-state index in [-0.39, 0.29) is 0 Å². The molecule has 1 saturated carbocycles. The molecular formula is C13H23N3O. The van der Waals surface area contributed by atoms with Crippen LogP contribution < -0.4 is 5.32 Å². The second kappa shape index (κ2) is 5.65. The highest BCUT2D eigenvalue weighted by molar-refractivity contribution is 5.08. The van der Waals surface area contributed by atoms with Crippen molar-refractivity contribution >= 4 is 0 Å². The molecule has 1 fully saturated rings. The molecule has 2 rings (SSSR count). The minimum absolute atomic E-state index is 0.499. The van der Waals surface area contributed by atoms with Gasteiger partial charge in [-0.15, -0.1) is 0 Å². The lowest BCUT2D eigenvalue weighted by Crippen LogP contribution is -2.40. The second-order valence-electron chi connectivity index (χ2n) is 5.22. The third kappa shape index (κ3) is 3.54. The van der Waals surface area contributed by atoms with Gasteiger partial charge < -0.3 is 15.4 Å². The predicted octanol–water partition coefficient (Wildman–Crippen LogP) is 1.89. The Balaban J connectivity index is 1.79. The van der Waals surface area contributed by atoms with Crippen LogP contribution in [0.4, 0.5) is 0 Å². The Morgan fingerprint density at radius 2 is 2.06 bits per heavy atom. The van der Waals surface area contributed by atoms with Crippen molar-refractivity contribution in [2.75, 3.05) is 6.54 Å². The van der Waals surface area contributed by atoms with Gasteiger partial charge in [0, 0.05) is 18.8 Å². The van der Waals surface area contributed by atoms with E-state index in [1.165, 1.54) is 12.8 Å². The molecule has 4 nitrogen and oxygen atoms in total. The van der Waals surface area contributed by atoms with Gasteiger partial charge in [0.15, 0.2) is 0 Å². The maximum Gasteiger partial charge on any atom is 0.0925 e. The van der Waals surface area contributed by atoms with Crippen LogP contribution in [0.15, 0.2) is 6.33 Å². The van der Waals surface area contributed by atoms with Gasteiger partial charge in [0.05, 0.1) is 17.6 Å². The number of imidazole rings is 1. The molecule has 1 heterocycles. The summed E-state index contributed by atoms with van der Waals surface area (Å²) in [6.07, 6.45) is 8.41. The Hall–Kier alpha value is -0.870. The third-order valence-electron chi connectivity index (χ3n) is 3.72. The van der Waals surface area contributed by atoms with E-state index in [1.807, 2.05) is 6.92 Å². The van der Waals surface area contributed by atoms with E-state index in [1.54, 1.807) is 6.33 Å². The molecule has 0 unspecified atom stereocenters. The molecule has 1 aromatic rings. The summed E-state index contributed by atoms with van der Waals surface area (Å²) in [5.41, 5.74) is 1.65. The van der Waals surface area contributed by atoms with Crippen LogP contribution in [0, 0.1) is 6.92 Å². The van der Waals surface area contributed by atoms with Crippen molar-refractivity contribution in [1.82, 2.24) is 15.3 Å². The maximum absolute atomic E-state index is 10.5. The fourth-order valence-electron chi connectivity index (χ4n) is 2.54. The average molecular weight is 237 g/mol. The van der Waals surface area contributed by atoms with E-state index in [0.29, 0.717) is 6.54 Å². The van der Waals surface area contributed by atoms with Gasteiger partial charge in [0.1, 0.15) is 0 Å². The Morgan fingerprint density at radius 3 is 2.65 bits per heavy atom. The van der Waals surface area contributed by atoms with E-state index in [4.69, 9.17) is 0 Å². The molecule has 0 aliphatic heterocycles. The van der Waals surface area contributed by atoms with E-state index in [2.05, 4.69) is 15.3 Å². The Kier molecular flexibility index (Phi) is 4.18. The number of rotatable bonds is 4. The topological polar surface area (TPSA) is 60.9 Å². The molecule has 1 aliphatic rings. The van der Waals surface area contributed by atoms with Crippen LogP contribution in [0.2, 0.25) is 0 Å². The Labute approximate surface area is 103 Å². The number of H-pyrrole nitrogens is 1. The number of hydrogen-bond acceptors (Lipinski definition) is 3. The molecule has 1 aromatic heterocycles. The normalized spacial score (nSPS) is 20.1. The first kappa shape index (κ1) is 12.6. The monoisotopic (exact) mass is 237 g/mol. The molecule has 0 aromatic carbocycles. The smallest absolute Gasteiger partial charge is 0.0925 e. The summed E-state index contributed by atoms with van der Waals surface area (Å²) < 4.78 is 0. The number of aromatic amines is 1. The van der Waals surface area contributed by atoms with Crippen molar-refractivity contribution in [2.45, 2.75) is 57.6 Å². The lowest BCUT2D eigenvalue weighted by atomic mass is 9.94. The van der Waals surface area contributed by atoms with E-state index < -0.39 is 5.60 Å². The highest BCUT2D eigenvalue weighted by atomic mass is 16.3. The summed E-state index contributed by atoms with van der Waals surface area (Å²) in [4.78, 5) is 7.30. The lowest BCUT2D eigenvalue weighted by Gasteiger charge is -2.26. The fourth-order valence-corrected chi connectivity index (χ4v) is 2.54. The number of aliphatic hydroxyl groups is 1. The molecule has 3 N–H and O–H groups in total. The van der Waals surface area contributed by atoms with Crippen molar-refractivity contribution in [3.05, 3.63) is 17.7 Å². The van der Waals surface area contributed by atoms with Crippen LogP contribution in [0.25, 0.3) is 0 Å². The van der Waals surface area contributed by atoms with Crippen LogP contribution in [0.5, 0.6) is 0 Å². The molecule has 96 valence electrons. The zero-order chi connectivity index (χ0) is 12.1. The number of hydrogen-bond donors (Lipinski definition) is 3. The van der Waals surface area contributed by atoms with Crippen LogP contribution in [0.1, 0.15) is 49.9 Å². The van der Waals surface area contributed by atoms with E-state index in [9.17, 15) is 5.11 Å². The first-order valence-electron chi connectivity index (χ1n) is 6.62. The van der Waals surface area contributed by atoms with Crippen molar-refractivity contribution < 1.29 is 5.11 Å². The largest absolute Gasteiger partial charge is 0.389 e. The van der Waals surface area contributed by atoms with Gasteiger partial charge in [-0.1, -0.05) is 25.7 Å². The predicted molar refractivity (Wildman–Crippen MR) is 67.7 cm³/mol. The lowest BCUT2D eigenvalue weighted by molar-refractivity contribution is 0.0250. The van der Waals surface area contributed by atoms with Gasteiger partial charge in [-0.2, -0.15) is 0 Å². The van der Waals surface area contributed by atoms with Crippen LogP contribution in [-0.2, 0) is 6.54 Å². The molecule has 0 radical (unpaired) electrons. The zero-order valence-corrected chi connectivity index (χ0v) is 10.6. The molecular weight excluding hydrogens is 214 g/mol. The zero-order valence-electron chi connectivity index (χ0n) is 10.6. The molecule has 0 bridgehead atoms. The Bertz CT molecular complexity index is 340.